The molecular weight excluding hydrogens is 510 g/mol. The van der Waals surface area contributed by atoms with Gasteiger partial charge in [-0.3, -0.25) is 4.79 Å². The molecule has 1 fully saturated rings. The van der Waals surface area contributed by atoms with Crippen LogP contribution in [0.5, 0.6) is 0 Å². The van der Waals surface area contributed by atoms with E-state index in [4.69, 9.17) is 0 Å². The summed E-state index contributed by atoms with van der Waals surface area (Å²) in [5.74, 6) is 0.134. The fourth-order valence-electron chi connectivity index (χ4n) is 3.67. The SMILES string of the molecule is CC(/C=C/CNC(=O)N1CCN(c2ncc(C(F)(F)F)cn2)C(C)C1)Nc1cn[nH]c(=O)c1C(F)(F)F. The lowest BCUT2D eigenvalue weighted by Crippen LogP contribution is -2.56. The van der Waals surface area contributed by atoms with Gasteiger partial charge in [0.15, 0.2) is 0 Å². The first-order valence-corrected chi connectivity index (χ1v) is 11.0. The summed E-state index contributed by atoms with van der Waals surface area (Å²) < 4.78 is 77.5. The van der Waals surface area contributed by atoms with E-state index in [-0.39, 0.29) is 37.7 Å². The van der Waals surface area contributed by atoms with Gasteiger partial charge in [-0.15, -0.1) is 0 Å². The third-order valence-corrected chi connectivity index (χ3v) is 5.46. The average Bonchev–Trinajstić information content (AvgIpc) is 2.80. The van der Waals surface area contributed by atoms with Crippen molar-refractivity contribution in [2.75, 3.05) is 36.4 Å². The lowest BCUT2D eigenvalue weighted by molar-refractivity contribution is -0.139. The summed E-state index contributed by atoms with van der Waals surface area (Å²) in [6, 6.07) is -1.27. The summed E-state index contributed by atoms with van der Waals surface area (Å²) in [6.07, 6.45) is -4.04. The van der Waals surface area contributed by atoms with Crippen molar-refractivity contribution in [3.63, 3.8) is 0 Å². The summed E-state index contributed by atoms with van der Waals surface area (Å²) in [4.78, 5) is 34.8. The van der Waals surface area contributed by atoms with Crippen LogP contribution in [0.3, 0.4) is 0 Å². The predicted octanol–water partition coefficient (Wildman–Crippen LogP) is 2.87. The van der Waals surface area contributed by atoms with Crippen LogP contribution in [0.15, 0.2) is 35.5 Å². The number of alkyl halides is 6. The molecule has 0 bridgehead atoms. The Morgan fingerprint density at radius 1 is 1.16 bits per heavy atom. The third kappa shape index (κ3) is 7.10. The number of rotatable bonds is 6. The number of aromatic nitrogens is 4. The molecule has 2 atom stereocenters. The summed E-state index contributed by atoms with van der Waals surface area (Å²) >= 11 is 0. The van der Waals surface area contributed by atoms with Gasteiger partial charge in [0.2, 0.25) is 5.95 Å². The van der Waals surface area contributed by atoms with Crippen LogP contribution >= 0.6 is 0 Å². The molecule has 1 aliphatic rings. The zero-order valence-electron chi connectivity index (χ0n) is 19.7. The zero-order valence-corrected chi connectivity index (χ0v) is 19.7. The molecule has 1 saturated heterocycles. The normalized spacial score (nSPS) is 17.7. The molecule has 0 saturated carbocycles. The van der Waals surface area contributed by atoms with E-state index in [0.717, 1.165) is 6.20 Å². The van der Waals surface area contributed by atoms with Crippen LogP contribution in [0.2, 0.25) is 0 Å². The van der Waals surface area contributed by atoms with Crippen molar-refractivity contribution >= 4 is 17.7 Å². The maximum absolute atomic E-state index is 13.1. The minimum Gasteiger partial charge on any atom is -0.377 e. The number of carbonyl (C=O) groups excluding carboxylic acids is 1. The highest BCUT2D eigenvalue weighted by atomic mass is 19.4. The summed E-state index contributed by atoms with van der Waals surface area (Å²) in [6.45, 7) is 4.28. The van der Waals surface area contributed by atoms with Crippen molar-refractivity contribution in [1.82, 2.24) is 30.4 Å². The first-order chi connectivity index (χ1) is 17.3. The molecular formula is C21H24F6N8O2. The molecule has 0 radical (unpaired) electrons. The number of nitrogens with zero attached hydrogens (tertiary/aromatic N) is 5. The molecule has 3 N–H and O–H groups in total. The number of amides is 2. The van der Waals surface area contributed by atoms with Crippen LogP contribution in [0.1, 0.15) is 25.0 Å². The molecule has 0 aromatic carbocycles. The number of aromatic amines is 1. The summed E-state index contributed by atoms with van der Waals surface area (Å²) in [7, 11) is 0. The minimum atomic E-state index is -4.87. The van der Waals surface area contributed by atoms with Crippen molar-refractivity contribution in [1.29, 1.82) is 0 Å². The lowest BCUT2D eigenvalue weighted by Gasteiger charge is -2.39. The highest BCUT2D eigenvalue weighted by molar-refractivity contribution is 5.74. The van der Waals surface area contributed by atoms with Crippen LogP contribution in [0.25, 0.3) is 0 Å². The van der Waals surface area contributed by atoms with Gasteiger partial charge in [-0.2, -0.15) is 31.4 Å². The van der Waals surface area contributed by atoms with Gasteiger partial charge in [-0.25, -0.2) is 19.9 Å². The molecule has 2 unspecified atom stereocenters. The van der Waals surface area contributed by atoms with Crippen LogP contribution in [0, 0.1) is 0 Å². The first kappa shape index (κ1) is 27.7. The molecule has 0 spiro atoms. The molecule has 2 aromatic heterocycles. The zero-order chi connectivity index (χ0) is 27.4. The van der Waals surface area contributed by atoms with Crippen molar-refractivity contribution < 1.29 is 31.1 Å². The highest BCUT2D eigenvalue weighted by Crippen LogP contribution is 2.31. The van der Waals surface area contributed by atoms with E-state index in [1.807, 2.05) is 0 Å². The Morgan fingerprint density at radius 2 is 1.84 bits per heavy atom. The van der Waals surface area contributed by atoms with Crippen LogP contribution in [-0.2, 0) is 12.4 Å². The maximum Gasteiger partial charge on any atom is 0.423 e. The Morgan fingerprint density at radius 3 is 2.43 bits per heavy atom. The smallest absolute Gasteiger partial charge is 0.377 e. The van der Waals surface area contributed by atoms with Crippen molar-refractivity contribution in [2.24, 2.45) is 0 Å². The second-order valence-electron chi connectivity index (χ2n) is 8.29. The van der Waals surface area contributed by atoms with Gasteiger partial charge < -0.3 is 20.4 Å². The van der Waals surface area contributed by atoms with Gasteiger partial charge >= 0.3 is 18.4 Å². The molecule has 1 aliphatic heterocycles. The fourth-order valence-corrected chi connectivity index (χ4v) is 3.67. The molecule has 10 nitrogen and oxygen atoms in total. The Balaban J connectivity index is 1.49. The van der Waals surface area contributed by atoms with Gasteiger partial charge in [0, 0.05) is 50.7 Å². The molecule has 2 aromatic rings. The molecule has 37 heavy (non-hydrogen) atoms. The van der Waals surface area contributed by atoms with Gasteiger partial charge in [0.1, 0.15) is 5.56 Å². The number of halogens is 6. The number of piperazine rings is 1. The van der Waals surface area contributed by atoms with Gasteiger partial charge in [0.25, 0.3) is 5.56 Å². The Bertz CT molecular complexity index is 1170. The summed E-state index contributed by atoms with van der Waals surface area (Å²) in [5, 5.41) is 10.4. The fraction of sp³-hybridized carbons (Fsp3) is 0.476. The summed E-state index contributed by atoms with van der Waals surface area (Å²) in [5.41, 5.74) is -4.16. The number of hydrogen-bond donors (Lipinski definition) is 3. The van der Waals surface area contributed by atoms with E-state index >= 15 is 0 Å². The van der Waals surface area contributed by atoms with Gasteiger partial charge in [-0.1, -0.05) is 12.2 Å². The maximum atomic E-state index is 13.1. The second kappa shape index (κ2) is 11.0. The van der Waals surface area contributed by atoms with Gasteiger partial charge in [0.05, 0.1) is 17.4 Å². The van der Waals surface area contributed by atoms with Gasteiger partial charge in [-0.05, 0) is 13.8 Å². The number of urea groups is 1. The lowest BCUT2D eigenvalue weighted by atomic mass is 10.2. The third-order valence-electron chi connectivity index (χ3n) is 5.46. The first-order valence-electron chi connectivity index (χ1n) is 11.0. The Labute approximate surface area is 206 Å². The standard InChI is InChI=1S/C21H24F6N8O2/c1-12(32-15-10-31-33-17(36)16(15)21(25,26)27)4-3-5-28-19(37)34-6-7-35(13(2)11-34)18-29-8-14(9-30-18)20(22,23)24/h3-4,8-10,12-13H,5-7,11H2,1-2H3,(H,28,37)(H2,32,33,36)/b4-3+. The largest absolute Gasteiger partial charge is 0.423 e. The molecule has 16 heteroatoms. The van der Waals surface area contributed by atoms with Crippen LogP contribution < -0.4 is 21.1 Å². The molecule has 0 aliphatic carbocycles. The van der Waals surface area contributed by atoms with E-state index in [1.165, 1.54) is 11.0 Å². The number of nitrogens with one attached hydrogen (secondary N) is 3. The average molecular weight is 534 g/mol. The van der Waals surface area contributed by atoms with E-state index in [0.29, 0.717) is 18.9 Å². The topological polar surface area (TPSA) is 119 Å². The number of H-pyrrole nitrogens is 1. The van der Waals surface area contributed by atoms with Crippen molar-refractivity contribution in [3.8, 4) is 0 Å². The monoisotopic (exact) mass is 534 g/mol. The van der Waals surface area contributed by atoms with E-state index in [1.54, 1.807) is 29.9 Å². The van der Waals surface area contributed by atoms with Crippen molar-refractivity contribution in [2.45, 2.75) is 38.3 Å². The molecule has 3 heterocycles. The van der Waals surface area contributed by atoms with Crippen LogP contribution in [0.4, 0.5) is 42.8 Å². The Hall–Kier alpha value is -3.85. The quantitative estimate of drug-likeness (QED) is 0.385. The van der Waals surface area contributed by atoms with Crippen LogP contribution in [-0.4, -0.2) is 69.4 Å². The number of carbonyl (C=O) groups is 1. The minimum absolute atomic E-state index is 0.0845. The van der Waals surface area contributed by atoms with E-state index in [2.05, 4.69) is 25.7 Å². The van der Waals surface area contributed by atoms with E-state index in [9.17, 15) is 35.9 Å². The highest BCUT2D eigenvalue weighted by Gasteiger charge is 2.37. The number of anilines is 2. The van der Waals surface area contributed by atoms with E-state index < -0.39 is 40.8 Å². The second-order valence-corrected chi connectivity index (χ2v) is 8.29. The Kier molecular flexibility index (Phi) is 8.28. The molecule has 3 rings (SSSR count). The molecule has 2 amide bonds. The van der Waals surface area contributed by atoms with Crippen molar-refractivity contribution in [3.05, 3.63) is 52.2 Å². The molecule has 202 valence electrons. The number of hydrogen-bond acceptors (Lipinski definition) is 7. The predicted molar refractivity (Wildman–Crippen MR) is 121 cm³/mol.